The van der Waals surface area contributed by atoms with E-state index >= 15 is 0 Å². The quantitative estimate of drug-likeness (QED) is 0.532. The minimum absolute atomic E-state index is 0.0906. The highest BCUT2D eigenvalue weighted by molar-refractivity contribution is 7.87. The molecule has 0 saturated heterocycles. The summed E-state index contributed by atoms with van der Waals surface area (Å²) in [6.07, 6.45) is 0. The molecule has 0 fully saturated rings. The molecule has 118 valence electrons. The molecular weight excluding hydrogens is 347 g/mol. The lowest BCUT2D eigenvalue weighted by molar-refractivity contribution is 0.484. The highest BCUT2D eigenvalue weighted by atomic mass is 35.5. The lowest BCUT2D eigenvalue weighted by atomic mass is 10.2. The first-order chi connectivity index (χ1) is 10.8. The molecule has 0 unspecified atom stereocenters. The van der Waals surface area contributed by atoms with Crippen LogP contribution in [0.3, 0.4) is 0 Å². The standard InChI is InChI=1S/C15H8ClFO5S/c16-12-5-3-10(17)7-14(12)23(19,20)22-11-4-1-9-2-6-15(18)21-13(9)8-11/h1-8H. The second-order valence-corrected chi connectivity index (χ2v) is 6.49. The van der Waals surface area contributed by atoms with Gasteiger partial charge >= 0.3 is 15.7 Å². The molecule has 5 nitrogen and oxygen atoms in total. The molecule has 23 heavy (non-hydrogen) atoms. The minimum atomic E-state index is -4.34. The summed E-state index contributed by atoms with van der Waals surface area (Å²) in [6.45, 7) is 0. The second-order valence-electron chi connectivity index (χ2n) is 4.57. The second kappa shape index (κ2) is 5.68. The zero-order chi connectivity index (χ0) is 16.6. The van der Waals surface area contributed by atoms with Crippen LogP contribution in [0.4, 0.5) is 4.39 Å². The summed E-state index contributed by atoms with van der Waals surface area (Å²) in [5, 5.41) is 0.428. The van der Waals surface area contributed by atoms with E-state index in [9.17, 15) is 17.6 Å². The van der Waals surface area contributed by atoms with Crippen molar-refractivity contribution < 1.29 is 21.4 Å². The molecule has 2 aromatic carbocycles. The van der Waals surface area contributed by atoms with Crippen molar-refractivity contribution in [1.82, 2.24) is 0 Å². The van der Waals surface area contributed by atoms with Crippen molar-refractivity contribution in [3.63, 3.8) is 0 Å². The molecule has 0 atom stereocenters. The zero-order valence-electron chi connectivity index (χ0n) is 11.3. The Kier molecular flexibility index (Phi) is 3.83. The molecule has 1 heterocycles. The fraction of sp³-hybridized carbons (Fsp3) is 0. The molecular formula is C15H8ClFO5S. The SMILES string of the molecule is O=c1ccc2ccc(OS(=O)(=O)c3cc(F)ccc3Cl)cc2o1. The summed E-state index contributed by atoms with van der Waals surface area (Å²) in [5.74, 6) is -0.853. The van der Waals surface area contributed by atoms with Crippen LogP contribution in [0.25, 0.3) is 11.0 Å². The summed E-state index contributed by atoms with van der Waals surface area (Å²) in [4.78, 5) is 10.7. The van der Waals surface area contributed by atoms with Gasteiger partial charge in [-0.15, -0.1) is 0 Å². The fourth-order valence-electron chi connectivity index (χ4n) is 1.93. The molecule has 0 spiro atoms. The van der Waals surface area contributed by atoms with Crippen LogP contribution >= 0.6 is 11.6 Å². The first-order valence-corrected chi connectivity index (χ1v) is 8.07. The van der Waals surface area contributed by atoms with E-state index in [2.05, 4.69) is 0 Å². The van der Waals surface area contributed by atoms with Gasteiger partial charge in [-0.2, -0.15) is 8.42 Å². The van der Waals surface area contributed by atoms with Crippen molar-refractivity contribution in [2.75, 3.05) is 0 Å². The number of benzene rings is 2. The maximum Gasteiger partial charge on any atom is 0.340 e. The van der Waals surface area contributed by atoms with Gasteiger partial charge in [0.1, 0.15) is 22.0 Å². The van der Waals surface area contributed by atoms with Crippen molar-refractivity contribution >= 4 is 32.7 Å². The summed E-state index contributed by atoms with van der Waals surface area (Å²) < 4.78 is 47.5. The van der Waals surface area contributed by atoms with E-state index in [4.69, 9.17) is 20.2 Å². The number of fused-ring (bicyclic) bond motifs is 1. The lowest BCUT2D eigenvalue weighted by Crippen LogP contribution is -2.10. The lowest BCUT2D eigenvalue weighted by Gasteiger charge is -2.09. The third-order valence-electron chi connectivity index (χ3n) is 2.96. The minimum Gasteiger partial charge on any atom is -0.423 e. The first-order valence-electron chi connectivity index (χ1n) is 6.29. The van der Waals surface area contributed by atoms with Gasteiger partial charge in [0.15, 0.2) is 0 Å². The van der Waals surface area contributed by atoms with Crippen LogP contribution in [-0.4, -0.2) is 8.42 Å². The molecule has 0 N–H and O–H groups in total. The van der Waals surface area contributed by atoms with E-state index in [0.717, 1.165) is 18.2 Å². The molecule has 0 aliphatic rings. The van der Waals surface area contributed by atoms with Gasteiger partial charge in [-0.3, -0.25) is 0 Å². The van der Waals surface area contributed by atoms with Crippen LogP contribution in [0.5, 0.6) is 5.75 Å². The van der Waals surface area contributed by atoms with Gasteiger partial charge in [-0.05, 0) is 36.4 Å². The van der Waals surface area contributed by atoms with E-state index in [1.54, 1.807) is 0 Å². The number of hydrogen-bond donors (Lipinski definition) is 0. The van der Waals surface area contributed by atoms with Crippen molar-refractivity contribution in [2.45, 2.75) is 4.90 Å². The van der Waals surface area contributed by atoms with Gasteiger partial charge in [-0.25, -0.2) is 9.18 Å². The fourth-order valence-corrected chi connectivity index (χ4v) is 3.34. The van der Waals surface area contributed by atoms with E-state index in [1.165, 1.54) is 30.3 Å². The largest absolute Gasteiger partial charge is 0.423 e. The maximum absolute atomic E-state index is 13.2. The molecule has 3 aromatic rings. The number of hydrogen-bond acceptors (Lipinski definition) is 5. The number of rotatable bonds is 3. The Balaban J connectivity index is 2.03. The first kappa shape index (κ1) is 15.5. The van der Waals surface area contributed by atoms with Crippen LogP contribution < -0.4 is 9.81 Å². The Morgan fingerprint density at radius 2 is 1.78 bits per heavy atom. The van der Waals surface area contributed by atoms with Crippen LogP contribution in [0.2, 0.25) is 5.02 Å². The van der Waals surface area contributed by atoms with Gasteiger partial charge in [0.2, 0.25) is 0 Å². The molecule has 0 aliphatic heterocycles. The van der Waals surface area contributed by atoms with E-state index in [-0.39, 0.29) is 16.4 Å². The van der Waals surface area contributed by atoms with E-state index < -0.39 is 26.5 Å². The Morgan fingerprint density at radius 1 is 1.04 bits per heavy atom. The average Bonchev–Trinajstić information content (AvgIpc) is 2.48. The topological polar surface area (TPSA) is 73.6 Å². The predicted octanol–water partition coefficient (Wildman–Crippen LogP) is 3.35. The maximum atomic E-state index is 13.2. The predicted molar refractivity (Wildman–Crippen MR) is 81.7 cm³/mol. The van der Waals surface area contributed by atoms with Crippen molar-refractivity contribution in [1.29, 1.82) is 0 Å². The summed E-state index contributed by atoms with van der Waals surface area (Å²) in [7, 11) is -4.34. The van der Waals surface area contributed by atoms with Crippen LogP contribution in [-0.2, 0) is 10.1 Å². The van der Waals surface area contributed by atoms with Crippen molar-refractivity contribution in [3.8, 4) is 5.75 Å². The monoisotopic (exact) mass is 354 g/mol. The molecule has 0 radical (unpaired) electrons. The van der Waals surface area contributed by atoms with Gasteiger partial charge in [-0.1, -0.05) is 11.6 Å². The molecule has 8 heteroatoms. The molecule has 0 saturated carbocycles. The Morgan fingerprint density at radius 3 is 2.57 bits per heavy atom. The normalized spacial score (nSPS) is 11.6. The van der Waals surface area contributed by atoms with Crippen molar-refractivity contribution in [2.24, 2.45) is 0 Å². The molecule has 1 aromatic heterocycles. The number of halogens is 2. The molecule has 0 amide bonds. The van der Waals surface area contributed by atoms with Gasteiger partial charge in [0, 0.05) is 17.5 Å². The summed E-state index contributed by atoms with van der Waals surface area (Å²) in [5.41, 5.74) is -0.416. The Labute approximate surface area is 135 Å². The van der Waals surface area contributed by atoms with Gasteiger partial charge in [0.05, 0.1) is 5.02 Å². The van der Waals surface area contributed by atoms with Gasteiger partial charge < -0.3 is 8.60 Å². The third-order valence-corrected chi connectivity index (χ3v) is 4.69. The van der Waals surface area contributed by atoms with E-state index in [0.29, 0.717) is 5.39 Å². The highest BCUT2D eigenvalue weighted by Crippen LogP contribution is 2.27. The van der Waals surface area contributed by atoms with Crippen LogP contribution in [0.15, 0.2) is 62.6 Å². The Hall–Kier alpha value is -2.38. The van der Waals surface area contributed by atoms with Crippen LogP contribution in [0.1, 0.15) is 0 Å². The van der Waals surface area contributed by atoms with Crippen molar-refractivity contribution in [3.05, 3.63) is 69.8 Å². The average molecular weight is 355 g/mol. The smallest absolute Gasteiger partial charge is 0.340 e. The zero-order valence-corrected chi connectivity index (χ0v) is 12.9. The molecule has 3 rings (SSSR count). The third kappa shape index (κ3) is 3.20. The Bertz CT molecular complexity index is 1060. The van der Waals surface area contributed by atoms with Crippen LogP contribution in [0, 0.1) is 5.82 Å². The van der Waals surface area contributed by atoms with E-state index in [1.807, 2.05) is 0 Å². The van der Waals surface area contributed by atoms with Gasteiger partial charge in [0.25, 0.3) is 0 Å². The highest BCUT2D eigenvalue weighted by Gasteiger charge is 2.21. The molecule has 0 bridgehead atoms. The summed E-state index contributed by atoms with van der Waals surface area (Å²) in [6, 6.07) is 9.84. The summed E-state index contributed by atoms with van der Waals surface area (Å²) >= 11 is 5.78. The molecule has 0 aliphatic carbocycles.